The molecule has 2 rings (SSSR count). The summed E-state index contributed by atoms with van der Waals surface area (Å²) < 4.78 is 0. The SMILES string of the molecule is C1CC2CCN2C1.CC.CC(=O)O. The van der Waals surface area contributed by atoms with Gasteiger partial charge in [-0.25, -0.2) is 0 Å². The first-order valence-corrected chi connectivity index (χ1v) is 5.13. The molecule has 0 bridgehead atoms. The van der Waals surface area contributed by atoms with Crippen LogP contribution in [0.3, 0.4) is 0 Å². The zero-order chi connectivity index (χ0) is 10.3. The lowest BCUT2D eigenvalue weighted by atomic mass is 10.1. The van der Waals surface area contributed by atoms with E-state index < -0.39 is 5.97 Å². The average molecular weight is 187 g/mol. The molecule has 0 amide bonds. The molecule has 2 aliphatic heterocycles. The minimum Gasteiger partial charge on any atom is -0.481 e. The van der Waals surface area contributed by atoms with Gasteiger partial charge in [-0.05, 0) is 32.4 Å². The summed E-state index contributed by atoms with van der Waals surface area (Å²) in [6, 6.07) is 1.03. The maximum atomic E-state index is 9.00. The quantitative estimate of drug-likeness (QED) is 0.630. The van der Waals surface area contributed by atoms with Gasteiger partial charge in [-0.2, -0.15) is 0 Å². The van der Waals surface area contributed by atoms with Gasteiger partial charge in [0, 0.05) is 13.0 Å². The second-order valence-corrected chi connectivity index (χ2v) is 3.14. The van der Waals surface area contributed by atoms with Crippen molar-refractivity contribution in [2.75, 3.05) is 13.1 Å². The summed E-state index contributed by atoms with van der Waals surface area (Å²) in [5.74, 6) is -0.833. The summed E-state index contributed by atoms with van der Waals surface area (Å²) in [7, 11) is 0. The topological polar surface area (TPSA) is 40.5 Å². The summed E-state index contributed by atoms with van der Waals surface area (Å²) in [4.78, 5) is 11.6. The van der Waals surface area contributed by atoms with Gasteiger partial charge in [-0.15, -0.1) is 0 Å². The third-order valence-corrected chi connectivity index (χ3v) is 2.25. The van der Waals surface area contributed by atoms with Crippen LogP contribution in [0.5, 0.6) is 0 Å². The monoisotopic (exact) mass is 187 g/mol. The molecule has 1 N–H and O–H groups in total. The van der Waals surface area contributed by atoms with E-state index in [1.807, 2.05) is 13.8 Å². The van der Waals surface area contributed by atoms with Crippen LogP contribution in [0.15, 0.2) is 0 Å². The number of aliphatic carboxylic acids is 1. The van der Waals surface area contributed by atoms with Gasteiger partial charge >= 0.3 is 0 Å². The van der Waals surface area contributed by atoms with Crippen molar-refractivity contribution in [3.63, 3.8) is 0 Å². The Bertz CT molecular complexity index is 134. The smallest absolute Gasteiger partial charge is 0.300 e. The van der Waals surface area contributed by atoms with E-state index in [1.165, 1.54) is 32.4 Å². The van der Waals surface area contributed by atoms with E-state index in [-0.39, 0.29) is 0 Å². The fraction of sp³-hybridized carbons (Fsp3) is 0.900. The van der Waals surface area contributed by atoms with Crippen LogP contribution in [0, 0.1) is 0 Å². The first-order chi connectivity index (χ1) is 6.20. The highest BCUT2D eigenvalue weighted by atomic mass is 16.4. The highest BCUT2D eigenvalue weighted by Gasteiger charge is 2.31. The molecule has 0 spiro atoms. The van der Waals surface area contributed by atoms with Gasteiger partial charge in [0.25, 0.3) is 5.97 Å². The first kappa shape index (κ1) is 12.4. The molecule has 3 heteroatoms. The van der Waals surface area contributed by atoms with Crippen molar-refractivity contribution in [1.82, 2.24) is 4.90 Å². The highest BCUT2D eigenvalue weighted by molar-refractivity contribution is 5.62. The minimum absolute atomic E-state index is 0.833. The Morgan fingerprint density at radius 2 is 1.85 bits per heavy atom. The Morgan fingerprint density at radius 3 is 2.00 bits per heavy atom. The van der Waals surface area contributed by atoms with Crippen molar-refractivity contribution in [3.8, 4) is 0 Å². The lowest BCUT2D eigenvalue weighted by Crippen LogP contribution is -2.42. The van der Waals surface area contributed by atoms with Gasteiger partial charge < -0.3 is 10.0 Å². The van der Waals surface area contributed by atoms with Crippen LogP contribution >= 0.6 is 0 Å². The molecule has 13 heavy (non-hydrogen) atoms. The van der Waals surface area contributed by atoms with E-state index in [0.717, 1.165) is 13.0 Å². The molecule has 0 aromatic heterocycles. The zero-order valence-electron chi connectivity index (χ0n) is 8.92. The Morgan fingerprint density at radius 1 is 1.31 bits per heavy atom. The molecule has 0 saturated carbocycles. The predicted octanol–water partition coefficient (Wildman–Crippen LogP) is 1.97. The maximum Gasteiger partial charge on any atom is 0.300 e. The van der Waals surface area contributed by atoms with Crippen LogP contribution in [0.1, 0.15) is 40.0 Å². The standard InChI is InChI=1S/C6H11N.C2H4O2.C2H6/c1-2-6-3-5-7(6)4-1;1-2(3)4;1-2/h6H,1-5H2;1H3,(H,3,4);1-2H3. The van der Waals surface area contributed by atoms with Gasteiger partial charge in [0.2, 0.25) is 0 Å². The number of rotatable bonds is 0. The highest BCUT2D eigenvalue weighted by Crippen LogP contribution is 2.27. The molecule has 2 aliphatic rings. The molecule has 1 atom stereocenters. The van der Waals surface area contributed by atoms with Crippen molar-refractivity contribution in [1.29, 1.82) is 0 Å². The maximum absolute atomic E-state index is 9.00. The largest absolute Gasteiger partial charge is 0.481 e. The van der Waals surface area contributed by atoms with E-state index in [9.17, 15) is 0 Å². The van der Waals surface area contributed by atoms with Crippen LogP contribution in [0.4, 0.5) is 0 Å². The van der Waals surface area contributed by atoms with E-state index in [0.29, 0.717) is 0 Å². The predicted molar refractivity (Wildman–Crippen MR) is 53.9 cm³/mol. The second-order valence-electron chi connectivity index (χ2n) is 3.14. The van der Waals surface area contributed by atoms with Crippen molar-refractivity contribution in [2.24, 2.45) is 0 Å². The molecule has 0 aromatic rings. The molecule has 0 radical (unpaired) electrons. The summed E-state index contributed by atoms with van der Waals surface area (Å²) >= 11 is 0. The Balaban J connectivity index is 0.000000211. The number of hydrogen-bond donors (Lipinski definition) is 1. The molecule has 1 unspecified atom stereocenters. The molecule has 0 aromatic carbocycles. The molecule has 2 saturated heterocycles. The van der Waals surface area contributed by atoms with Gasteiger partial charge in [0.1, 0.15) is 0 Å². The molecule has 2 fully saturated rings. The van der Waals surface area contributed by atoms with Crippen molar-refractivity contribution in [3.05, 3.63) is 0 Å². The number of carboxylic acid groups (broad SMARTS) is 1. The second kappa shape index (κ2) is 6.89. The number of carbonyl (C=O) groups is 1. The summed E-state index contributed by atoms with van der Waals surface area (Å²) in [5.41, 5.74) is 0. The van der Waals surface area contributed by atoms with Crippen LogP contribution in [0.2, 0.25) is 0 Å². The molecular formula is C10H21NO2. The summed E-state index contributed by atoms with van der Waals surface area (Å²) in [6.07, 6.45) is 4.44. The number of hydrogen-bond acceptors (Lipinski definition) is 2. The summed E-state index contributed by atoms with van der Waals surface area (Å²) in [6.45, 7) is 7.87. The van der Waals surface area contributed by atoms with E-state index >= 15 is 0 Å². The molecule has 3 nitrogen and oxygen atoms in total. The van der Waals surface area contributed by atoms with Gasteiger partial charge in [-0.1, -0.05) is 13.8 Å². The average Bonchev–Trinajstić information content (AvgIpc) is 2.34. The lowest BCUT2D eigenvalue weighted by Gasteiger charge is -2.34. The zero-order valence-corrected chi connectivity index (χ0v) is 8.92. The molecule has 0 aliphatic carbocycles. The van der Waals surface area contributed by atoms with Crippen LogP contribution in [-0.4, -0.2) is 35.1 Å². The van der Waals surface area contributed by atoms with Gasteiger partial charge in [0.15, 0.2) is 0 Å². The van der Waals surface area contributed by atoms with Crippen LogP contribution in [0.25, 0.3) is 0 Å². The van der Waals surface area contributed by atoms with E-state index in [1.54, 1.807) is 0 Å². The summed E-state index contributed by atoms with van der Waals surface area (Å²) in [5, 5.41) is 7.42. The normalized spacial score (nSPS) is 24.1. The number of carboxylic acids is 1. The Hall–Kier alpha value is -0.570. The number of nitrogens with zero attached hydrogens (tertiary/aromatic N) is 1. The molecule has 2 heterocycles. The third-order valence-electron chi connectivity index (χ3n) is 2.25. The fourth-order valence-corrected chi connectivity index (χ4v) is 1.65. The first-order valence-electron chi connectivity index (χ1n) is 5.13. The van der Waals surface area contributed by atoms with Crippen LogP contribution < -0.4 is 0 Å². The Labute approximate surface area is 80.7 Å². The van der Waals surface area contributed by atoms with Crippen molar-refractivity contribution in [2.45, 2.75) is 46.1 Å². The Kier molecular flexibility index (Phi) is 6.59. The fourth-order valence-electron chi connectivity index (χ4n) is 1.65. The van der Waals surface area contributed by atoms with Crippen molar-refractivity contribution < 1.29 is 9.90 Å². The van der Waals surface area contributed by atoms with Gasteiger partial charge in [-0.3, -0.25) is 4.79 Å². The van der Waals surface area contributed by atoms with E-state index in [2.05, 4.69) is 4.90 Å². The third kappa shape index (κ3) is 4.88. The minimum atomic E-state index is -0.833. The number of fused-ring (bicyclic) bond motifs is 1. The van der Waals surface area contributed by atoms with E-state index in [4.69, 9.17) is 9.90 Å². The van der Waals surface area contributed by atoms with Crippen molar-refractivity contribution >= 4 is 5.97 Å². The van der Waals surface area contributed by atoms with Gasteiger partial charge in [0.05, 0.1) is 0 Å². The molecule has 78 valence electrons. The molecular weight excluding hydrogens is 166 g/mol. The van der Waals surface area contributed by atoms with Crippen LogP contribution in [-0.2, 0) is 4.79 Å². The lowest BCUT2D eigenvalue weighted by molar-refractivity contribution is -0.134.